The molecule has 2 aromatic rings. The third kappa shape index (κ3) is 1.56. The molecule has 1 nitrogen and oxygen atoms in total. The Morgan fingerprint density at radius 1 is 1.43 bits per heavy atom. The molecule has 1 aromatic carbocycles. The SMILES string of the molecule is C=C[C@H](N)c1cc2cc(F)ccc2s1. The quantitative estimate of drug-likeness (QED) is 0.752. The zero-order valence-electron chi connectivity index (χ0n) is 7.53. The minimum Gasteiger partial charge on any atom is -0.320 e. The molecule has 0 spiro atoms. The van der Waals surface area contributed by atoms with E-state index in [1.165, 1.54) is 12.1 Å². The molecule has 0 amide bonds. The lowest BCUT2D eigenvalue weighted by Crippen LogP contribution is -2.03. The number of hydrogen-bond donors (Lipinski definition) is 1. The van der Waals surface area contributed by atoms with Crippen molar-refractivity contribution in [3.8, 4) is 0 Å². The molecule has 0 fully saturated rings. The van der Waals surface area contributed by atoms with Gasteiger partial charge >= 0.3 is 0 Å². The molecular formula is C11H10FNS. The van der Waals surface area contributed by atoms with Gasteiger partial charge in [-0.15, -0.1) is 17.9 Å². The minimum absolute atomic E-state index is 0.157. The highest BCUT2D eigenvalue weighted by molar-refractivity contribution is 7.19. The van der Waals surface area contributed by atoms with Crippen molar-refractivity contribution in [2.75, 3.05) is 0 Å². The molecule has 1 aromatic heterocycles. The van der Waals surface area contributed by atoms with Gasteiger partial charge in [0.25, 0.3) is 0 Å². The fourth-order valence-electron chi connectivity index (χ4n) is 1.32. The van der Waals surface area contributed by atoms with E-state index in [1.807, 2.05) is 6.07 Å². The van der Waals surface area contributed by atoms with Crippen LogP contribution in [0.15, 0.2) is 36.9 Å². The third-order valence-corrected chi connectivity index (χ3v) is 3.30. The van der Waals surface area contributed by atoms with Crippen LogP contribution in [0, 0.1) is 5.82 Å². The fraction of sp³-hybridized carbons (Fsp3) is 0.0909. The van der Waals surface area contributed by atoms with E-state index in [0.717, 1.165) is 15.0 Å². The van der Waals surface area contributed by atoms with Crippen LogP contribution < -0.4 is 5.73 Å². The van der Waals surface area contributed by atoms with Crippen molar-refractivity contribution in [2.24, 2.45) is 5.73 Å². The van der Waals surface area contributed by atoms with Gasteiger partial charge in [-0.2, -0.15) is 0 Å². The Kier molecular flexibility index (Phi) is 2.35. The van der Waals surface area contributed by atoms with Gasteiger partial charge in [0.1, 0.15) is 5.82 Å². The first-order valence-corrected chi connectivity index (χ1v) is 5.09. The van der Waals surface area contributed by atoms with Crippen LogP contribution in [-0.4, -0.2) is 0 Å². The summed E-state index contributed by atoms with van der Waals surface area (Å²) in [5.41, 5.74) is 5.79. The van der Waals surface area contributed by atoms with Crippen LogP contribution in [0.25, 0.3) is 10.1 Å². The monoisotopic (exact) mass is 207 g/mol. The lowest BCUT2D eigenvalue weighted by atomic mass is 10.2. The predicted octanol–water partition coefficient (Wildman–Crippen LogP) is 3.23. The standard InChI is InChI=1S/C11H10FNS/c1-2-9(13)11-6-7-5-8(12)3-4-10(7)14-11/h2-6,9H,1,13H2/t9-/m0/s1. The largest absolute Gasteiger partial charge is 0.320 e. The number of rotatable bonds is 2. The molecule has 1 heterocycles. The second-order valence-electron chi connectivity index (χ2n) is 3.09. The van der Waals surface area contributed by atoms with Gasteiger partial charge in [0.15, 0.2) is 0 Å². The Hall–Kier alpha value is -1.19. The zero-order valence-corrected chi connectivity index (χ0v) is 8.35. The number of halogens is 1. The number of hydrogen-bond acceptors (Lipinski definition) is 2. The number of benzene rings is 1. The maximum atomic E-state index is 12.9. The second-order valence-corrected chi connectivity index (χ2v) is 4.21. The Bertz CT molecular complexity index is 475. The maximum absolute atomic E-state index is 12.9. The number of fused-ring (bicyclic) bond motifs is 1. The average Bonchev–Trinajstić information content (AvgIpc) is 2.59. The highest BCUT2D eigenvalue weighted by Gasteiger charge is 2.06. The zero-order chi connectivity index (χ0) is 10.1. The van der Waals surface area contributed by atoms with Crippen LogP contribution in [0.4, 0.5) is 4.39 Å². The molecule has 0 saturated heterocycles. The van der Waals surface area contributed by atoms with E-state index in [4.69, 9.17) is 5.73 Å². The summed E-state index contributed by atoms with van der Waals surface area (Å²) in [6, 6.07) is 6.51. The predicted molar refractivity (Wildman–Crippen MR) is 58.9 cm³/mol. The van der Waals surface area contributed by atoms with Gasteiger partial charge in [-0.25, -0.2) is 4.39 Å². The molecule has 0 aliphatic carbocycles. The van der Waals surface area contributed by atoms with E-state index in [-0.39, 0.29) is 11.9 Å². The minimum atomic E-state index is -0.214. The van der Waals surface area contributed by atoms with Gasteiger partial charge in [0.2, 0.25) is 0 Å². The number of nitrogens with two attached hydrogens (primary N) is 1. The van der Waals surface area contributed by atoms with Crippen LogP contribution in [-0.2, 0) is 0 Å². The third-order valence-electron chi connectivity index (χ3n) is 2.08. The van der Waals surface area contributed by atoms with Crippen molar-refractivity contribution in [1.29, 1.82) is 0 Å². The summed E-state index contributed by atoms with van der Waals surface area (Å²) < 4.78 is 13.9. The van der Waals surface area contributed by atoms with Crippen LogP contribution in [0.5, 0.6) is 0 Å². The van der Waals surface area contributed by atoms with Gasteiger partial charge in [-0.05, 0) is 29.7 Å². The van der Waals surface area contributed by atoms with E-state index in [9.17, 15) is 4.39 Å². The topological polar surface area (TPSA) is 26.0 Å². The summed E-state index contributed by atoms with van der Waals surface area (Å²) in [4.78, 5) is 1.01. The maximum Gasteiger partial charge on any atom is 0.123 e. The normalized spacial score (nSPS) is 13.0. The molecule has 2 N–H and O–H groups in total. The molecule has 0 unspecified atom stereocenters. The average molecular weight is 207 g/mol. The first-order chi connectivity index (χ1) is 6.70. The Morgan fingerprint density at radius 2 is 2.21 bits per heavy atom. The van der Waals surface area contributed by atoms with Crippen molar-refractivity contribution >= 4 is 21.4 Å². The van der Waals surface area contributed by atoms with Gasteiger partial charge in [0.05, 0.1) is 6.04 Å². The van der Waals surface area contributed by atoms with Crippen molar-refractivity contribution in [2.45, 2.75) is 6.04 Å². The highest BCUT2D eigenvalue weighted by atomic mass is 32.1. The second kappa shape index (κ2) is 3.52. The van der Waals surface area contributed by atoms with Crippen molar-refractivity contribution in [3.05, 3.63) is 47.6 Å². The summed E-state index contributed by atoms with van der Waals surface area (Å²) in [6.07, 6.45) is 1.68. The first kappa shape index (κ1) is 9.37. The molecule has 0 radical (unpaired) electrons. The van der Waals surface area contributed by atoms with Crippen LogP contribution in [0.3, 0.4) is 0 Å². The molecule has 1 atom stereocenters. The Morgan fingerprint density at radius 3 is 2.93 bits per heavy atom. The van der Waals surface area contributed by atoms with Crippen LogP contribution in [0.2, 0.25) is 0 Å². The van der Waals surface area contributed by atoms with Gasteiger partial charge < -0.3 is 5.73 Å². The summed E-state index contributed by atoms with van der Waals surface area (Å²) in [5, 5.41) is 0.905. The number of thiophene rings is 1. The van der Waals surface area contributed by atoms with Crippen molar-refractivity contribution in [1.82, 2.24) is 0 Å². The van der Waals surface area contributed by atoms with E-state index >= 15 is 0 Å². The molecule has 14 heavy (non-hydrogen) atoms. The lowest BCUT2D eigenvalue weighted by Gasteiger charge is -1.99. The molecular weight excluding hydrogens is 197 g/mol. The van der Waals surface area contributed by atoms with Gasteiger partial charge in [-0.3, -0.25) is 0 Å². The summed E-state index contributed by atoms with van der Waals surface area (Å²) in [6.45, 7) is 3.63. The molecule has 0 aliphatic rings. The molecule has 3 heteroatoms. The fourth-order valence-corrected chi connectivity index (χ4v) is 2.36. The first-order valence-electron chi connectivity index (χ1n) is 4.28. The van der Waals surface area contributed by atoms with E-state index < -0.39 is 0 Å². The molecule has 72 valence electrons. The lowest BCUT2D eigenvalue weighted by molar-refractivity contribution is 0.630. The molecule has 0 bridgehead atoms. The summed E-state index contributed by atoms with van der Waals surface area (Å²) in [5.74, 6) is -0.214. The Balaban J connectivity index is 2.56. The molecule has 2 rings (SSSR count). The van der Waals surface area contributed by atoms with Gasteiger partial charge in [0, 0.05) is 9.58 Å². The van der Waals surface area contributed by atoms with E-state index in [0.29, 0.717) is 0 Å². The van der Waals surface area contributed by atoms with Crippen molar-refractivity contribution < 1.29 is 4.39 Å². The van der Waals surface area contributed by atoms with E-state index in [2.05, 4.69) is 6.58 Å². The van der Waals surface area contributed by atoms with Crippen molar-refractivity contribution in [3.63, 3.8) is 0 Å². The van der Waals surface area contributed by atoms with Crippen LogP contribution >= 0.6 is 11.3 Å². The smallest absolute Gasteiger partial charge is 0.123 e. The van der Waals surface area contributed by atoms with Gasteiger partial charge in [-0.1, -0.05) is 6.08 Å². The highest BCUT2D eigenvalue weighted by Crippen LogP contribution is 2.29. The molecule has 0 aliphatic heterocycles. The summed E-state index contributed by atoms with van der Waals surface area (Å²) >= 11 is 1.58. The molecule has 0 saturated carbocycles. The summed E-state index contributed by atoms with van der Waals surface area (Å²) in [7, 11) is 0. The van der Waals surface area contributed by atoms with E-state index in [1.54, 1.807) is 23.5 Å². The van der Waals surface area contributed by atoms with Crippen LogP contribution in [0.1, 0.15) is 10.9 Å². The Labute approximate surface area is 85.7 Å².